The second kappa shape index (κ2) is 11.3. The topological polar surface area (TPSA) is 85.0 Å². The Morgan fingerprint density at radius 2 is 1.60 bits per heavy atom. The zero-order valence-corrected chi connectivity index (χ0v) is 20.2. The number of nitrogens with zero attached hydrogens (tertiary/aromatic N) is 3. The van der Waals surface area contributed by atoms with Gasteiger partial charge in [-0.15, -0.1) is 0 Å². The highest BCUT2D eigenvalue weighted by molar-refractivity contribution is 6.07. The molecule has 35 heavy (non-hydrogen) atoms. The number of amides is 4. The zero-order chi connectivity index (χ0) is 24.7. The van der Waals surface area contributed by atoms with Crippen molar-refractivity contribution in [3.8, 4) is 0 Å². The van der Waals surface area contributed by atoms with Crippen molar-refractivity contribution < 1.29 is 14.4 Å². The summed E-state index contributed by atoms with van der Waals surface area (Å²) in [6.45, 7) is 5.92. The fourth-order valence-electron chi connectivity index (χ4n) is 4.39. The Hall–Kier alpha value is -3.49. The van der Waals surface area contributed by atoms with Gasteiger partial charge < -0.3 is 5.32 Å². The number of carbonyl (C=O) groups excluding carboxylic acids is 3. The van der Waals surface area contributed by atoms with Crippen LogP contribution in [0, 0.1) is 0 Å². The molecule has 8 heteroatoms. The first-order valence-electron chi connectivity index (χ1n) is 12.1. The van der Waals surface area contributed by atoms with Crippen molar-refractivity contribution in [3.63, 3.8) is 0 Å². The maximum absolute atomic E-state index is 12.9. The molecule has 0 saturated carbocycles. The predicted octanol–water partition coefficient (Wildman–Crippen LogP) is 2.29. The Morgan fingerprint density at radius 3 is 2.29 bits per heavy atom. The molecule has 0 aromatic heterocycles. The average molecular weight is 476 g/mol. The second-order valence-electron chi connectivity index (χ2n) is 9.31. The first-order valence-corrected chi connectivity index (χ1v) is 12.1. The third-order valence-corrected chi connectivity index (χ3v) is 6.56. The lowest BCUT2D eigenvalue weighted by molar-refractivity contribution is -0.139. The lowest BCUT2D eigenvalue weighted by Gasteiger charge is -2.33. The van der Waals surface area contributed by atoms with E-state index in [1.165, 1.54) is 5.56 Å². The number of aryl methyl sites for hydroxylation is 1. The van der Waals surface area contributed by atoms with Crippen LogP contribution in [0.4, 0.5) is 4.79 Å². The van der Waals surface area contributed by atoms with Gasteiger partial charge in [-0.1, -0.05) is 72.8 Å². The molecule has 2 aromatic rings. The van der Waals surface area contributed by atoms with Crippen molar-refractivity contribution in [1.82, 2.24) is 25.6 Å². The largest absolute Gasteiger partial charge is 0.344 e. The van der Waals surface area contributed by atoms with Gasteiger partial charge in [0.1, 0.15) is 5.54 Å². The van der Waals surface area contributed by atoms with Crippen LogP contribution in [-0.2, 0) is 16.0 Å². The molecule has 4 amide bonds. The molecule has 1 unspecified atom stereocenters. The van der Waals surface area contributed by atoms with Gasteiger partial charge in [-0.05, 0) is 30.9 Å². The Balaban J connectivity index is 1.20. The molecule has 2 saturated heterocycles. The summed E-state index contributed by atoms with van der Waals surface area (Å²) in [5.74, 6) is -0.792. The SMILES string of the molecule is CC1(CCc2ccccc2)NC(=O)N(NC(=O)CN2CCN(CC=Cc3ccccc3)CC2)C1=O. The van der Waals surface area contributed by atoms with Gasteiger partial charge in [-0.3, -0.25) is 24.8 Å². The van der Waals surface area contributed by atoms with Crippen LogP contribution in [0.1, 0.15) is 24.5 Å². The lowest BCUT2D eigenvalue weighted by Crippen LogP contribution is -2.53. The van der Waals surface area contributed by atoms with E-state index in [2.05, 4.69) is 39.9 Å². The quantitative estimate of drug-likeness (QED) is 0.544. The molecule has 2 fully saturated rings. The number of benzene rings is 2. The first-order chi connectivity index (χ1) is 16.9. The van der Waals surface area contributed by atoms with Crippen LogP contribution in [0.3, 0.4) is 0 Å². The van der Waals surface area contributed by atoms with Crippen molar-refractivity contribution in [1.29, 1.82) is 0 Å². The van der Waals surface area contributed by atoms with Crippen molar-refractivity contribution in [3.05, 3.63) is 77.9 Å². The van der Waals surface area contributed by atoms with E-state index in [4.69, 9.17) is 0 Å². The highest BCUT2D eigenvalue weighted by Gasteiger charge is 2.48. The van der Waals surface area contributed by atoms with Crippen LogP contribution in [-0.4, -0.2) is 77.5 Å². The molecular weight excluding hydrogens is 442 g/mol. The van der Waals surface area contributed by atoms with Gasteiger partial charge in [0.15, 0.2) is 0 Å². The fourth-order valence-corrected chi connectivity index (χ4v) is 4.39. The summed E-state index contributed by atoms with van der Waals surface area (Å²) >= 11 is 0. The Bertz CT molecular complexity index is 1050. The highest BCUT2D eigenvalue weighted by atomic mass is 16.2. The van der Waals surface area contributed by atoms with Crippen LogP contribution in [0.15, 0.2) is 66.7 Å². The maximum atomic E-state index is 12.9. The third kappa shape index (κ3) is 6.55. The number of hydrogen-bond donors (Lipinski definition) is 2. The van der Waals surface area contributed by atoms with Gasteiger partial charge in [-0.25, -0.2) is 4.79 Å². The molecule has 0 radical (unpaired) electrons. The van der Waals surface area contributed by atoms with E-state index >= 15 is 0 Å². The monoisotopic (exact) mass is 475 g/mol. The third-order valence-electron chi connectivity index (χ3n) is 6.56. The standard InChI is InChI=1S/C27H33N5O3/c1-27(15-14-23-11-6-3-7-12-23)25(34)32(26(35)28-27)29-24(33)21-31-19-17-30(18-20-31)16-8-13-22-9-4-2-5-10-22/h2-13H,14-21H2,1H3,(H,28,35)(H,29,33). The van der Waals surface area contributed by atoms with Crippen LogP contribution in [0.5, 0.6) is 0 Å². The number of imide groups is 1. The number of hydrazine groups is 1. The number of urea groups is 1. The smallest absolute Gasteiger partial charge is 0.322 e. The number of nitrogens with one attached hydrogen (secondary N) is 2. The maximum Gasteiger partial charge on any atom is 0.344 e. The van der Waals surface area contributed by atoms with Gasteiger partial charge in [0.2, 0.25) is 0 Å². The van der Waals surface area contributed by atoms with Gasteiger partial charge >= 0.3 is 6.03 Å². The number of piperazine rings is 1. The molecule has 184 valence electrons. The Morgan fingerprint density at radius 1 is 0.971 bits per heavy atom. The van der Waals surface area contributed by atoms with Crippen molar-refractivity contribution >= 4 is 23.9 Å². The van der Waals surface area contributed by atoms with Gasteiger partial charge in [-0.2, -0.15) is 5.01 Å². The number of carbonyl (C=O) groups is 3. The summed E-state index contributed by atoms with van der Waals surface area (Å²) in [7, 11) is 0. The molecule has 0 bridgehead atoms. The Labute approximate surface area is 206 Å². The van der Waals surface area contributed by atoms with Gasteiger partial charge in [0, 0.05) is 32.7 Å². The number of hydrogen-bond acceptors (Lipinski definition) is 5. The molecule has 0 aliphatic carbocycles. The first kappa shape index (κ1) is 24.6. The molecule has 2 N–H and O–H groups in total. The summed E-state index contributed by atoms with van der Waals surface area (Å²) in [5.41, 5.74) is 3.74. The molecule has 0 spiro atoms. The average Bonchev–Trinajstić information content (AvgIpc) is 3.08. The minimum Gasteiger partial charge on any atom is -0.322 e. The molecule has 2 aliphatic heterocycles. The van der Waals surface area contributed by atoms with Crippen molar-refractivity contribution in [2.45, 2.75) is 25.3 Å². The van der Waals surface area contributed by atoms with Crippen LogP contribution in [0.25, 0.3) is 6.08 Å². The van der Waals surface area contributed by atoms with Crippen LogP contribution < -0.4 is 10.7 Å². The second-order valence-corrected chi connectivity index (χ2v) is 9.31. The molecule has 2 heterocycles. The summed E-state index contributed by atoms with van der Waals surface area (Å²) in [6, 6.07) is 19.4. The normalized spacial score (nSPS) is 21.5. The van der Waals surface area contributed by atoms with Crippen molar-refractivity contribution in [2.24, 2.45) is 0 Å². The van der Waals surface area contributed by atoms with E-state index in [-0.39, 0.29) is 12.5 Å². The molecular formula is C27H33N5O3. The number of rotatable bonds is 9. The highest BCUT2D eigenvalue weighted by Crippen LogP contribution is 2.22. The molecule has 2 aliphatic rings. The molecule has 4 rings (SSSR count). The minimum absolute atomic E-state index is 0.144. The van der Waals surface area contributed by atoms with E-state index in [0.29, 0.717) is 12.8 Å². The van der Waals surface area contributed by atoms with Gasteiger partial charge in [0.25, 0.3) is 11.8 Å². The predicted molar refractivity (Wildman–Crippen MR) is 135 cm³/mol. The van der Waals surface area contributed by atoms with Crippen molar-refractivity contribution in [2.75, 3.05) is 39.3 Å². The van der Waals surface area contributed by atoms with E-state index in [9.17, 15) is 14.4 Å². The van der Waals surface area contributed by atoms with E-state index in [1.807, 2.05) is 53.4 Å². The van der Waals surface area contributed by atoms with E-state index < -0.39 is 17.5 Å². The molecule has 8 nitrogen and oxygen atoms in total. The van der Waals surface area contributed by atoms with Gasteiger partial charge in [0.05, 0.1) is 6.54 Å². The van der Waals surface area contributed by atoms with Crippen LogP contribution >= 0.6 is 0 Å². The van der Waals surface area contributed by atoms with E-state index in [1.54, 1.807) is 6.92 Å². The molecule has 2 aromatic carbocycles. The summed E-state index contributed by atoms with van der Waals surface area (Å²) in [5, 5.41) is 3.57. The lowest BCUT2D eigenvalue weighted by atomic mass is 9.93. The Kier molecular flexibility index (Phi) is 7.94. The zero-order valence-electron chi connectivity index (χ0n) is 20.2. The summed E-state index contributed by atoms with van der Waals surface area (Å²) in [6.07, 6.45) is 5.38. The summed E-state index contributed by atoms with van der Waals surface area (Å²) in [4.78, 5) is 42.4. The van der Waals surface area contributed by atoms with Crippen LogP contribution in [0.2, 0.25) is 0 Å². The van der Waals surface area contributed by atoms with E-state index in [0.717, 1.165) is 43.3 Å². The summed E-state index contributed by atoms with van der Waals surface area (Å²) < 4.78 is 0. The fraction of sp³-hybridized carbons (Fsp3) is 0.370. The minimum atomic E-state index is -1.04. The molecule has 1 atom stereocenters.